The first-order valence-corrected chi connectivity index (χ1v) is 12.9. The Hall–Kier alpha value is -4.67. The Morgan fingerprint density at radius 1 is 1.13 bits per heavy atom. The lowest BCUT2D eigenvalue weighted by Gasteiger charge is -2.35. The van der Waals surface area contributed by atoms with Crippen LogP contribution in [-0.4, -0.2) is 88.6 Å². The summed E-state index contributed by atoms with van der Waals surface area (Å²) in [6.45, 7) is 8.34. The predicted octanol–water partition coefficient (Wildman–Crippen LogP) is 3.33. The number of aromatic amines is 1. The molecular weight excluding hydrogens is 496 g/mol. The van der Waals surface area contributed by atoms with E-state index < -0.39 is 0 Å². The first-order chi connectivity index (χ1) is 18.9. The second-order valence-corrected chi connectivity index (χ2v) is 9.65. The van der Waals surface area contributed by atoms with Gasteiger partial charge in [0.2, 0.25) is 17.8 Å². The van der Waals surface area contributed by atoms with Crippen LogP contribution in [0.1, 0.15) is 12.0 Å². The second kappa shape index (κ2) is 11.0. The van der Waals surface area contributed by atoms with Crippen LogP contribution in [0.4, 0.5) is 11.8 Å². The van der Waals surface area contributed by atoms with Gasteiger partial charge in [-0.2, -0.15) is 10.1 Å². The summed E-state index contributed by atoms with van der Waals surface area (Å²) in [7, 11) is 3.46. The first kappa shape index (κ1) is 26.0. The van der Waals surface area contributed by atoms with Crippen molar-refractivity contribution in [1.82, 2.24) is 30.0 Å². The number of hydrogen-bond donors (Lipinski definition) is 2. The van der Waals surface area contributed by atoms with Crippen molar-refractivity contribution in [1.29, 1.82) is 0 Å². The molecule has 202 valence electrons. The number of benzene rings is 2. The van der Waals surface area contributed by atoms with E-state index in [0.29, 0.717) is 62.1 Å². The molecule has 0 spiro atoms. The number of ether oxygens (including phenoxy) is 1. The third-order valence-corrected chi connectivity index (χ3v) is 6.84. The van der Waals surface area contributed by atoms with Gasteiger partial charge in [-0.15, -0.1) is 0 Å². The quantitative estimate of drug-likeness (QED) is 0.334. The van der Waals surface area contributed by atoms with Gasteiger partial charge in [-0.3, -0.25) is 14.7 Å². The van der Waals surface area contributed by atoms with Gasteiger partial charge in [0.05, 0.1) is 17.1 Å². The number of para-hydroxylation sites is 1. The third kappa shape index (κ3) is 5.33. The molecule has 1 aliphatic heterocycles. The van der Waals surface area contributed by atoms with Crippen molar-refractivity contribution >= 4 is 45.4 Å². The molecule has 3 heterocycles. The van der Waals surface area contributed by atoms with Crippen LogP contribution in [0.25, 0.3) is 21.8 Å². The van der Waals surface area contributed by atoms with Gasteiger partial charge in [-0.1, -0.05) is 18.7 Å². The molecule has 1 fully saturated rings. The van der Waals surface area contributed by atoms with Crippen LogP contribution in [0.15, 0.2) is 49.2 Å². The van der Waals surface area contributed by atoms with E-state index in [2.05, 4.69) is 27.0 Å². The van der Waals surface area contributed by atoms with E-state index in [-0.39, 0.29) is 11.8 Å². The Labute approximate surface area is 226 Å². The van der Waals surface area contributed by atoms with Gasteiger partial charge >= 0.3 is 0 Å². The molecule has 1 aliphatic rings. The maximum absolute atomic E-state index is 12.1. The van der Waals surface area contributed by atoms with E-state index in [4.69, 9.17) is 14.7 Å². The summed E-state index contributed by atoms with van der Waals surface area (Å²) < 4.78 is 6.51. The highest BCUT2D eigenvalue weighted by Crippen LogP contribution is 2.37. The molecule has 0 radical (unpaired) electrons. The lowest BCUT2D eigenvalue weighted by atomic mass is 10.1. The van der Waals surface area contributed by atoms with Gasteiger partial charge in [-0.25, -0.2) is 4.98 Å². The molecule has 0 bridgehead atoms. The fourth-order valence-corrected chi connectivity index (χ4v) is 4.63. The van der Waals surface area contributed by atoms with Crippen LogP contribution in [0, 0.1) is 6.92 Å². The molecule has 11 heteroatoms. The number of nitrogens with zero attached hydrogens (tertiary/aromatic N) is 6. The molecule has 2 aromatic heterocycles. The topological polar surface area (TPSA) is 120 Å². The van der Waals surface area contributed by atoms with Crippen molar-refractivity contribution < 1.29 is 14.3 Å². The Balaban J connectivity index is 1.53. The predicted molar refractivity (Wildman–Crippen MR) is 151 cm³/mol. The molecule has 39 heavy (non-hydrogen) atoms. The number of aromatic nitrogens is 4. The summed E-state index contributed by atoms with van der Waals surface area (Å²) in [4.78, 5) is 39.4. The number of H-pyrrole nitrogens is 1. The van der Waals surface area contributed by atoms with E-state index >= 15 is 0 Å². The van der Waals surface area contributed by atoms with E-state index in [1.165, 1.54) is 6.08 Å². The summed E-state index contributed by atoms with van der Waals surface area (Å²) in [6.07, 6.45) is 3.41. The summed E-state index contributed by atoms with van der Waals surface area (Å²) in [5.41, 5.74) is 2.50. The number of hydrogen-bond acceptors (Lipinski definition) is 8. The normalized spacial score (nSPS) is 13.5. The van der Waals surface area contributed by atoms with Crippen molar-refractivity contribution in [2.75, 3.05) is 57.0 Å². The molecule has 2 aromatic carbocycles. The molecule has 1 saturated heterocycles. The van der Waals surface area contributed by atoms with Crippen LogP contribution in [0.2, 0.25) is 0 Å². The maximum Gasteiger partial charge on any atom is 0.246 e. The lowest BCUT2D eigenvalue weighted by Crippen LogP contribution is -2.48. The Kier molecular flexibility index (Phi) is 7.31. The minimum absolute atomic E-state index is 0.0132. The summed E-state index contributed by atoms with van der Waals surface area (Å²) >= 11 is 0. The average Bonchev–Trinajstić information content (AvgIpc) is 3.43. The van der Waals surface area contributed by atoms with Gasteiger partial charge in [0.1, 0.15) is 17.1 Å². The number of aryl methyl sites for hydroxylation is 1. The fraction of sp³-hybridized carbons (Fsp3) is 0.321. The minimum atomic E-state index is -0.0745. The monoisotopic (exact) mass is 528 g/mol. The molecule has 2 N–H and O–H groups in total. The minimum Gasteiger partial charge on any atom is -0.454 e. The maximum atomic E-state index is 12.1. The molecule has 0 saturated carbocycles. The zero-order chi connectivity index (χ0) is 27.5. The molecule has 5 rings (SSSR count). The molecule has 4 aromatic rings. The molecule has 11 nitrogen and oxygen atoms in total. The SMILES string of the molecule is C=CC(=O)N1CCN(c2nc(NCCC(=O)N(C)C)nc3c(Oc4c(C)ccc5[nH]ncc45)cccc23)CC1. The van der Waals surface area contributed by atoms with E-state index in [0.717, 1.165) is 27.7 Å². The van der Waals surface area contributed by atoms with E-state index in [1.807, 2.05) is 37.3 Å². The number of piperazine rings is 1. The highest BCUT2D eigenvalue weighted by molar-refractivity contribution is 5.95. The Morgan fingerprint density at radius 2 is 1.92 bits per heavy atom. The standard InChI is InChI=1S/C28H32N8O3/c1-5-23(37)35-13-15-36(16-14-35)27-19-7-6-8-22(39-26-18(2)9-10-21-20(26)17-30-33-21)25(19)31-28(32-27)29-12-11-24(38)34(3)4/h5-10,17H,1,11-16H2,2-4H3,(H,30,33)(H,29,31,32). The Bertz CT molecular complexity index is 1540. The number of rotatable bonds is 8. The van der Waals surface area contributed by atoms with Crippen LogP contribution in [-0.2, 0) is 9.59 Å². The fourth-order valence-electron chi connectivity index (χ4n) is 4.63. The van der Waals surface area contributed by atoms with Crippen LogP contribution in [0.5, 0.6) is 11.5 Å². The smallest absolute Gasteiger partial charge is 0.246 e. The highest BCUT2D eigenvalue weighted by atomic mass is 16.5. The molecule has 2 amide bonds. The summed E-state index contributed by atoms with van der Waals surface area (Å²) in [5, 5.41) is 12.1. The second-order valence-electron chi connectivity index (χ2n) is 9.65. The van der Waals surface area contributed by atoms with Crippen molar-refractivity contribution in [2.24, 2.45) is 0 Å². The van der Waals surface area contributed by atoms with Gasteiger partial charge in [-0.05, 0) is 36.8 Å². The van der Waals surface area contributed by atoms with Crippen molar-refractivity contribution in [3.63, 3.8) is 0 Å². The summed E-state index contributed by atoms with van der Waals surface area (Å²) in [5.74, 6) is 2.38. The third-order valence-electron chi connectivity index (χ3n) is 6.84. The van der Waals surface area contributed by atoms with Crippen LogP contribution in [0.3, 0.4) is 0 Å². The number of carbonyl (C=O) groups is 2. The number of carbonyl (C=O) groups excluding carboxylic acids is 2. The largest absolute Gasteiger partial charge is 0.454 e. The van der Waals surface area contributed by atoms with E-state index in [9.17, 15) is 9.59 Å². The zero-order valence-corrected chi connectivity index (χ0v) is 22.4. The van der Waals surface area contributed by atoms with Gasteiger partial charge in [0.15, 0.2) is 5.75 Å². The first-order valence-electron chi connectivity index (χ1n) is 12.9. The number of anilines is 2. The zero-order valence-electron chi connectivity index (χ0n) is 22.4. The lowest BCUT2D eigenvalue weighted by molar-refractivity contribution is -0.128. The average molecular weight is 529 g/mol. The van der Waals surface area contributed by atoms with Crippen LogP contribution < -0.4 is 15.0 Å². The summed E-state index contributed by atoms with van der Waals surface area (Å²) in [6, 6.07) is 9.75. The number of nitrogens with one attached hydrogen (secondary N) is 2. The van der Waals surface area contributed by atoms with Crippen molar-refractivity contribution in [3.05, 3.63) is 54.7 Å². The van der Waals surface area contributed by atoms with E-state index in [1.54, 1.807) is 30.1 Å². The van der Waals surface area contributed by atoms with Gasteiger partial charge in [0, 0.05) is 58.6 Å². The van der Waals surface area contributed by atoms with Gasteiger partial charge < -0.3 is 24.8 Å². The Morgan fingerprint density at radius 3 is 2.67 bits per heavy atom. The van der Waals surface area contributed by atoms with Crippen molar-refractivity contribution in [3.8, 4) is 11.5 Å². The molecule has 0 aliphatic carbocycles. The van der Waals surface area contributed by atoms with Gasteiger partial charge in [0.25, 0.3) is 0 Å². The number of amides is 2. The molecule has 0 unspecified atom stereocenters. The number of fused-ring (bicyclic) bond motifs is 2. The highest BCUT2D eigenvalue weighted by Gasteiger charge is 2.24. The molecule has 0 atom stereocenters. The molecular formula is C28H32N8O3. The van der Waals surface area contributed by atoms with Crippen LogP contribution >= 0.6 is 0 Å². The van der Waals surface area contributed by atoms with Crippen molar-refractivity contribution in [2.45, 2.75) is 13.3 Å².